The van der Waals surface area contributed by atoms with Gasteiger partial charge in [0, 0.05) is 0 Å². The van der Waals surface area contributed by atoms with E-state index in [4.69, 9.17) is 9.78 Å². The van der Waals surface area contributed by atoms with E-state index in [0.717, 1.165) is 19.3 Å². The molecular weight excluding hydrogens is 200 g/mol. The van der Waals surface area contributed by atoms with Crippen molar-refractivity contribution in [1.82, 2.24) is 0 Å². The minimum absolute atomic E-state index is 0.182. The largest absolute Gasteiger partial charge is 0.229 e. The van der Waals surface area contributed by atoms with Crippen molar-refractivity contribution in [3.8, 4) is 0 Å². The highest BCUT2D eigenvalue weighted by Gasteiger charge is 2.16. The molecule has 0 aliphatic carbocycles. The van der Waals surface area contributed by atoms with Crippen molar-refractivity contribution in [3.05, 3.63) is 12.2 Å². The number of rotatable bonds is 8. The first-order chi connectivity index (χ1) is 7.86. The van der Waals surface area contributed by atoms with Crippen LogP contribution in [0.4, 0.5) is 0 Å². The van der Waals surface area contributed by atoms with Crippen molar-refractivity contribution in [2.24, 2.45) is 0 Å². The third-order valence-electron chi connectivity index (χ3n) is 3.01. The molecule has 0 amide bonds. The van der Waals surface area contributed by atoms with Crippen molar-refractivity contribution in [2.45, 2.75) is 77.4 Å². The summed E-state index contributed by atoms with van der Waals surface area (Å²) in [5.41, 5.74) is 0. The van der Waals surface area contributed by atoms with Crippen LogP contribution in [0.15, 0.2) is 12.2 Å². The van der Waals surface area contributed by atoms with Gasteiger partial charge in [0.1, 0.15) is 12.2 Å². The maximum absolute atomic E-state index is 5.36. The van der Waals surface area contributed by atoms with Crippen molar-refractivity contribution < 1.29 is 9.78 Å². The van der Waals surface area contributed by atoms with Gasteiger partial charge in [-0.2, -0.15) is 0 Å². The van der Waals surface area contributed by atoms with E-state index in [-0.39, 0.29) is 12.2 Å². The van der Waals surface area contributed by atoms with Crippen LogP contribution in [0.3, 0.4) is 0 Å². The van der Waals surface area contributed by atoms with E-state index in [1.54, 1.807) is 0 Å². The van der Waals surface area contributed by atoms with Gasteiger partial charge in [-0.15, -0.1) is 0 Å². The molecular formula is C14H26O2. The maximum Gasteiger partial charge on any atom is 0.111 e. The molecule has 0 saturated carbocycles. The van der Waals surface area contributed by atoms with E-state index < -0.39 is 0 Å². The fourth-order valence-electron chi connectivity index (χ4n) is 1.98. The van der Waals surface area contributed by atoms with Gasteiger partial charge in [-0.1, -0.05) is 64.5 Å². The lowest BCUT2D eigenvalue weighted by Crippen LogP contribution is -2.22. The fourth-order valence-corrected chi connectivity index (χ4v) is 1.98. The quantitative estimate of drug-likeness (QED) is 0.347. The smallest absolute Gasteiger partial charge is 0.111 e. The fraction of sp³-hybridized carbons (Fsp3) is 0.857. The summed E-state index contributed by atoms with van der Waals surface area (Å²) < 4.78 is 0. The monoisotopic (exact) mass is 226 g/mol. The minimum Gasteiger partial charge on any atom is -0.229 e. The molecule has 0 spiro atoms. The number of hydrogen-bond donors (Lipinski definition) is 0. The van der Waals surface area contributed by atoms with Crippen LogP contribution in [0.1, 0.15) is 65.2 Å². The van der Waals surface area contributed by atoms with Crippen LogP contribution >= 0.6 is 0 Å². The van der Waals surface area contributed by atoms with E-state index in [1.165, 1.54) is 32.1 Å². The highest BCUT2D eigenvalue weighted by atomic mass is 17.2. The van der Waals surface area contributed by atoms with Crippen LogP contribution in [0.2, 0.25) is 0 Å². The predicted octanol–water partition coefficient (Wildman–Crippen LogP) is 4.40. The predicted molar refractivity (Wildman–Crippen MR) is 67.2 cm³/mol. The molecule has 94 valence electrons. The molecule has 1 aliphatic heterocycles. The molecule has 16 heavy (non-hydrogen) atoms. The first-order valence-electron chi connectivity index (χ1n) is 6.87. The number of unbranched alkanes of at least 4 members (excludes halogenated alkanes) is 4. The average molecular weight is 226 g/mol. The molecule has 0 radical (unpaired) electrons. The van der Waals surface area contributed by atoms with Gasteiger partial charge in [-0.3, -0.25) is 0 Å². The van der Waals surface area contributed by atoms with Crippen LogP contribution in [0, 0.1) is 0 Å². The lowest BCUT2D eigenvalue weighted by atomic mass is 10.1. The topological polar surface area (TPSA) is 18.5 Å². The molecule has 1 rings (SSSR count). The van der Waals surface area contributed by atoms with Crippen LogP contribution in [-0.4, -0.2) is 12.2 Å². The molecule has 0 N–H and O–H groups in total. The molecule has 0 saturated heterocycles. The van der Waals surface area contributed by atoms with E-state index in [2.05, 4.69) is 26.0 Å². The summed E-state index contributed by atoms with van der Waals surface area (Å²) in [6.07, 6.45) is 14.6. The molecule has 0 fully saturated rings. The molecule has 0 aromatic heterocycles. The highest BCUT2D eigenvalue weighted by molar-refractivity contribution is 4.96. The molecule has 1 aliphatic rings. The Morgan fingerprint density at radius 3 is 1.94 bits per heavy atom. The Bertz CT molecular complexity index is 189. The van der Waals surface area contributed by atoms with E-state index >= 15 is 0 Å². The van der Waals surface area contributed by atoms with Gasteiger partial charge in [0.05, 0.1) is 0 Å². The van der Waals surface area contributed by atoms with Crippen LogP contribution in [0.25, 0.3) is 0 Å². The number of hydrogen-bond acceptors (Lipinski definition) is 2. The minimum atomic E-state index is 0.182. The Balaban J connectivity index is 2.04. The summed E-state index contributed by atoms with van der Waals surface area (Å²) >= 11 is 0. The molecule has 0 bridgehead atoms. The lowest BCUT2D eigenvalue weighted by Gasteiger charge is -2.22. The zero-order chi connectivity index (χ0) is 11.6. The van der Waals surface area contributed by atoms with Crippen LogP contribution in [0.5, 0.6) is 0 Å². The normalized spacial score (nSPS) is 24.9. The van der Waals surface area contributed by atoms with Gasteiger partial charge < -0.3 is 0 Å². The molecule has 2 atom stereocenters. The van der Waals surface area contributed by atoms with Gasteiger partial charge in [0.2, 0.25) is 0 Å². The zero-order valence-corrected chi connectivity index (χ0v) is 10.8. The summed E-state index contributed by atoms with van der Waals surface area (Å²) in [4.78, 5) is 10.7. The van der Waals surface area contributed by atoms with Gasteiger partial charge >= 0.3 is 0 Å². The van der Waals surface area contributed by atoms with Crippen LogP contribution in [-0.2, 0) is 9.78 Å². The summed E-state index contributed by atoms with van der Waals surface area (Å²) in [6.45, 7) is 4.41. The summed E-state index contributed by atoms with van der Waals surface area (Å²) in [5.74, 6) is 0. The van der Waals surface area contributed by atoms with Gasteiger partial charge in [-0.25, -0.2) is 9.78 Å². The standard InChI is InChI=1S/C14H26O2/c1-3-5-6-7-8-10-14-12-11-13(9-4-2)15-16-14/h11-14H,3-10H2,1-2H3/t13-,14+/m1/s1. The summed E-state index contributed by atoms with van der Waals surface area (Å²) in [6, 6.07) is 0. The SMILES string of the molecule is CCCCCCC[C@H]1C=C[C@@H](CCC)OO1. The van der Waals surface area contributed by atoms with E-state index in [9.17, 15) is 0 Å². The Kier molecular flexibility index (Phi) is 7.52. The maximum atomic E-state index is 5.36. The van der Waals surface area contributed by atoms with Crippen molar-refractivity contribution in [1.29, 1.82) is 0 Å². The Morgan fingerprint density at radius 1 is 0.750 bits per heavy atom. The second-order valence-electron chi connectivity index (χ2n) is 4.65. The average Bonchev–Trinajstić information content (AvgIpc) is 2.31. The lowest BCUT2D eigenvalue weighted by molar-refractivity contribution is -0.341. The highest BCUT2D eigenvalue weighted by Crippen LogP contribution is 2.17. The third-order valence-corrected chi connectivity index (χ3v) is 3.01. The molecule has 0 aromatic carbocycles. The van der Waals surface area contributed by atoms with Gasteiger partial charge in [-0.05, 0) is 12.8 Å². The van der Waals surface area contributed by atoms with Gasteiger partial charge in [0.15, 0.2) is 0 Å². The zero-order valence-electron chi connectivity index (χ0n) is 10.8. The second kappa shape index (κ2) is 8.77. The first-order valence-corrected chi connectivity index (χ1v) is 6.87. The molecule has 0 unspecified atom stereocenters. The van der Waals surface area contributed by atoms with Gasteiger partial charge in [0.25, 0.3) is 0 Å². The molecule has 2 nitrogen and oxygen atoms in total. The summed E-state index contributed by atoms with van der Waals surface area (Å²) in [5, 5.41) is 0. The molecule has 1 heterocycles. The third kappa shape index (κ3) is 5.66. The molecule has 0 aromatic rings. The Hall–Kier alpha value is -0.340. The summed E-state index contributed by atoms with van der Waals surface area (Å²) in [7, 11) is 0. The van der Waals surface area contributed by atoms with Crippen molar-refractivity contribution >= 4 is 0 Å². The van der Waals surface area contributed by atoms with Crippen molar-refractivity contribution in [3.63, 3.8) is 0 Å². The van der Waals surface area contributed by atoms with E-state index in [0.29, 0.717) is 0 Å². The molecule has 2 heteroatoms. The second-order valence-corrected chi connectivity index (χ2v) is 4.65. The Morgan fingerprint density at radius 2 is 1.38 bits per heavy atom. The first kappa shape index (κ1) is 13.7. The Labute approximate surface area is 99.9 Å². The van der Waals surface area contributed by atoms with E-state index in [1.807, 2.05) is 0 Å². The van der Waals surface area contributed by atoms with Crippen molar-refractivity contribution in [2.75, 3.05) is 0 Å². The van der Waals surface area contributed by atoms with Crippen LogP contribution < -0.4 is 0 Å².